The van der Waals surface area contributed by atoms with Crippen molar-refractivity contribution in [1.29, 1.82) is 0 Å². The largest absolute Gasteiger partial charge is 0.368 e. The van der Waals surface area contributed by atoms with Crippen LogP contribution in [0.1, 0.15) is 29.6 Å². The van der Waals surface area contributed by atoms with E-state index in [-0.39, 0.29) is 5.91 Å². The minimum atomic E-state index is -0.729. The van der Waals surface area contributed by atoms with Gasteiger partial charge >= 0.3 is 0 Å². The van der Waals surface area contributed by atoms with Crippen LogP contribution in [0.25, 0.3) is 10.9 Å². The Morgan fingerprint density at radius 2 is 2.14 bits per heavy atom. The molecule has 112 valence electrons. The number of nitrogens with two attached hydrogens (primary N) is 1. The van der Waals surface area contributed by atoms with Gasteiger partial charge in [0.15, 0.2) is 0 Å². The number of amides is 2. The number of hydrogen-bond donors (Lipinski definition) is 2. The Balaban J connectivity index is 2.11. The van der Waals surface area contributed by atoms with Crippen LogP contribution in [0.2, 0.25) is 0 Å². The first-order valence-corrected chi connectivity index (χ1v) is 7.00. The van der Waals surface area contributed by atoms with Crippen LogP contribution in [0.15, 0.2) is 36.5 Å². The highest BCUT2D eigenvalue weighted by atomic mass is 16.2. The van der Waals surface area contributed by atoms with Crippen molar-refractivity contribution in [1.82, 2.24) is 10.3 Å². The topological polar surface area (TPSA) is 85.1 Å². The number of fused-ring (bicyclic) bond motifs is 1. The van der Waals surface area contributed by atoms with Crippen molar-refractivity contribution < 1.29 is 9.59 Å². The Morgan fingerprint density at radius 3 is 2.86 bits per heavy atom. The van der Waals surface area contributed by atoms with Crippen molar-refractivity contribution in [3.8, 4) is 12.3 Å². The van der Waals surface area contributed by atoms with E-state index in [1.807, 2.05) is 24.3 Å². The van der Waals surface area contributed by atoms with E-state index in [1.165, 1.54) is 6.20 Å². The highest BCUT2D eigenvalue weighted by Crippen LogP contribution is 2.13. The molecule has 0 radical (unpaired) electrons. The van der Waals surface area contributed by atoms with E-state index >= 15 is 0 Å². The van der Waals surface area contributed by atoms with Crippen molar-refractivity contribution in [2.45, 2.75) is 25.3 Å². The van der Waals surface area contributed by atoms with Crippen molar-refractivity contribution >= 4 is 22.7 Å². The second kappa shape index (κ2) is 7.23. The number of nitrogens with zero attached hydrogens (tertiary/aromatic N) is 1. The number of para-hydroxylation sites is 1. The fraction of sp³-hybridized carbons (Fsp3) is 0.235. The predicted octanol–water partition coefficient (Wildman–Crippen LogP) is 1.62. The van der Waals surface area contributed by atoms with E-state index in [0.29, 0.717) is 24.8 Å². The fourth-order valence-corrected chi connectivity index (χ4v) is 2.13. The summed E-state index contributed by atoms with van der Waals surface area (Å²) < 4.78 is 0. The van der Waals surface area contributed by atoms with Crippen LogP contribution in [-0.2, 0) is 4.79 Å². The number of pyridine rings is 1. The van der Waals surface area contributed by atoms with Gasteiger partial charge in [0.2, 0.25) is 5.91 Å². The van der Waals surface area contributed by atoms with E-state index in [0.717, 1.165) is 10.9 Å². The summed E-state index contributed by atoms with van der Waals surface area (Å²) >= 11 is 0. The zero-order chi connectivity index (χ0) is 15.9. The summed E-state index contributed by atoms with van der Waals surface area (Å²) in [5, 5.41) is 3.49. The molecule has 0 aliphatic carbocycles. The SMILES string of the molecule is C#CCCC[C@H](NC(=O)c1cnc2ccccc2c1)C(N)=O. The van der Waals surface area contributed by atoms with Crippen LogP contribution >= 0.6 is 0 Å². The number of carbonyl (C=O) groups excluding carboxylic acids is 2. The lowest BCUT2D eigenvalue weighted by Crippen LogP contribution is -2.44. The van der Waals surface area contributed by atoms with Gasteiger partial charge in [-0.15, -0.1) is 12.3 Å². The van der Waals surface area contributed by atoms with Gasteiger partial charge < -0.3 is 11.1 Å². The minimum Gasteiger partial charge on any atom is -0.368 e. The Labute approximate surface area is 128 Å². The van der Waals surface area contributed by atoms with Crippen molar-refractivity contribution in [2.24, 2.45) is 5.73 Å². The average molecular weight is 295 g/mol. The Morgan fingerprint density at radius 1 is 1.36 bits per heavy atom. The molecule has 0 saturated heterocycles. The standard InChI is InChI=1S/C17H17N3O2/c1-2-3-4-9-15(16(18)21)20-17(22)13-10-12-7-5-6-8-14(12)19-11-13/h1,5-8,10-11,15H,3-4,9H2,(H2,18,21)(H,20,22)/t15-/m0/s1. The van der Waals surface area contributed by atoms with Crippen LogP contribution < -0.4 is 11.1 Å². The van der Waals surface area contributed by atoms with Gasteiger partial charge in [-0.2, -0.15) is 0 Å². The highest BCUT2D eigenvalue weighted by Gasteiger charge is 2.18. The van der Waals surface area contributed by atoms with Gasteiger partial charge in [0.25, 0.3) is 5.91 Å². The van der Waals surface area contributed by atoms with Gasteiger partial charge in [-0.3, -0.25) is 14.6 Å². The highest BCUT2D eigenvalue weighted by molar-refractivity contribution is 5.99. The second-order valence-electron chi connectivity index (χ2n) is 4.94. The predicted molar refractivity (Wildman–Crippen MR) is 84.9 cm³/mol. The summed E-state index contributed by atoms with van der Waals surface area (Å²) in [7, 11) is 0. The molecule has 0 fully saturated rings. The molecule has 3 N–H and O–H groups in total. The number of primary amides is 1. The third-order valence-corrected chi connectivity index (χ3v) is 3.32. The fourth-order valence-electron chi connectivity index (χ4n) is 2.13. The summed E-state index contributed by atoms with van der Waals surface area (Å²) in [6, 6.07) is 8.49. The quantitative estimate of drug-likeness (QED) is 0.627. The van der Waals surface area contributed by atoms with Crippen molar-refractivity contribution in [3.05, 3.63) is 42.1 Å². The smallest absolute Gasteiger partial charge is 0.253 e. The van der Waals surface area contributed by atoms with E-state index in [4.69, 9.17) is 12.2 Å². The first-order valence-electron chi connectivity index (χ1n) is 7.00. The van der Waals surface area contributed by atoms with Crippen LogP contribution in [0.5, 0.6) is 0 Å². The van der Waals surface area contributed by atoms with Gasteiger partial charge in [-0.1, -0.05) is 18.2 Å². The lowest BCUT2D eigenvalue weighted by Gasteiger charge is -2.15. The summed E-state index contributed by atoms with van der Waals surface area (Å²) in [6.07, 6.45) is 8.24. The van der Waals surface area contributed by atoms with E-state index in [1.54, 1.807) is 6.07 Å². The molecule has 1 heterocycles. The third-order valence-electron chi connectivity index (χ3n) is 3.32. The van der Waals surface area contributed by atoms with Gasteiger partial charge in [-0.25, -0.2) is 0 Å². The van der Waals surface area contributed by atoms with Crippen molar-refractivity contribution in [3.63, 3.8) is 0 Å². The summed E-state index contributed by atoms with van der Waals surface area (Å²) in [4.78, 5) is 27.9. The molecule has 0 saturated carbocycles. The molecule has 22 heavy (non-hydrogen) atoms. The number of unbranched alkanes of at least 4 members (excludes halogenated alkanes) is 1. The molecule has 2 aromatic rings. The lowest BCUT2D eigenvalue weighted by molar-refractivity contribution is -0.120. The molecule has 0 bridgehead atoms. The number of carbonyl (C=O) groups is 2. The maximum absolute atomic E-state index is 12.2. The monoisotopic (exact) mass is 295 g/mol. The van der Waals surface area contributed by atoms with Crippen molar-refractivity contribution in [2.75, 3.05) is 0 Å². The van der Waals surface area contributed by atoms with Crippen LogP contribution in [0.4, 0.5) is 0 Å². The molecule has 1 aromatic carbocycles. The third kappa shape index (κ3) is 3.83. The molecule has 0 aliphatic rings. The summed E-state index contributed by atoms with van der Waals surface area (Å²) in [5.74, 6) is 1.55. The van der Waals surface area contributed by atoms with E-state index in [9.17, 15) is 9.59 Å². The Kier molecular flexibility index (Phi) is 5.10. The zero-order valence-corrected chi connectivity index (χ0v) is 12.1. The van der Waals surface area contributed by atoms with Crippen LogP contribution in [0, 0.1) is 12.3 Å². The molecule has 1 atom stereocenters. The van der Waals surface area contributed by atoms with Crippen LogP contribution in [0.3, 0.4) is 0 Å². The molecule has 5 nitrogen and oxygen atoms in total. The van der Waals surface area contributed by atoms with Gasteiger partial charge in [0.1, 0.15) is 6.04 Å². The second-order valence-corrected chi connectivity index (χ2v) is 4.94. The number of hydrogen-bond acceptors (Lipinski definition) is 3. The Bertz CT molecular complexity index is 734. The summed E-state index contributed by atoms with van der Waals surface area (Å²) in [6.45, 7) is 0. The van der Waals surface area contributed by atoms with Crippen LogP contribution in [-0.4, -0.2) is 22.8 Å². The zero-order valence-electron chi connectivity index (χ0n) is 12.1. The number of nitrogens with one attached hydrogen (secondary N) is 1. The number of benzene rings is 1. The van der Waals surface area contributed by atoms with Gasteiger partial charge in [0.05, 0.1) is 11.1 Å². The molecule has 1 aromatic heterocycles. The molecule has 2 amide bonds. The lowest BCUT2D eigenvalue weighted by atomic mass is 10.1. The normalized spacial score (nSPS) is 11.6. The first kappa shape index (κ1) is 15.5. The van der Waals surface area contributed by atoms with E-state index < -0.39 is 11.9 Å². The van der Waals surface area contributed by atoms with Gasteiger partial charge in [-0.05, 0) is 25.0 Å². The molecular weight excluding hydrogens is 278 g/mol. The minimum absolute atomic E-state index is 0.372. The molecule has 2 rings (SSSR count). The Hall–Kier alpha value is -2.87. The maximum Gasteiger partial charge on any atom is 0.253 e. The first-order chi connectivity index (χ1) is 10.6. The molecule has 0 aliphatic heterocycles. The molecule has 0 spiro atoms. The molecular formula is C17H17N3O2. The molecule has 0 unspecified atom stereocenters. The number of aromatic nitrogens is 1. The average Bonchev–Trinajstić information content (AvgIpc) is 2.53. The number of rotatable bonds is 6. The molecule has 5 heteroatoms. The summed E-state index contributed by atoms with van der Waals surface area (Å²) in [5.41, 5.74) is 6.51. The van der Waals surface area contributed by atoms with Gasteiger partial charge in [0, 0.05) is 18.0 Å². The maximum atomic E-state index is 12.2. The number of terminal acetylenes is 1. The van der Waals surface area contributed by atoms with E-state index in [2.05, 4.69) is 16.2 Å².